The number of hydrogen-bond donors (Lipinski definition) is 0. The predicted molar refractivity (Wildman–Crippen MR) is 72.0 cm³/mol. The fourth-order valence-electron chi connectivity index (χ4n) is 3.69. The molecule has 0 amide bonds. The van der Waals surface area contributed by atoms with Crippen molar-refractivity contribution in [2.75, 3.05) is 0 Å². The number of carbonyl (C=O) groups excluding carboxylic acids is 1. The third kappa shape index (κ3) is 2.25. The summed E-state index contributed by atoms with van der Waals surface area (Å²) in [6.45, 7) is 0. The molecule has 96 valence electrons. The Bertz CT molecular complexity index is 485. The molecule has 0 aromatic heterocycles. The van der Waals surface area contributed by atoms with E-state index in [9.17, 15) is 9.18 Å². The van der Waals surface area contributed by atoms with Gasteiger partial charge in [-0.15, -0.1) is 0 Å². The molecule has 2 aliphatic rings. The van der Waals surface area contributed by atoms with Crippen molar-refractivity contribution < 1.29 is 9.18 Å². The fourth-order valence-corrected chi connectivity index (χ4v) is 4.26. The maximum Gasteiger partial charge on any atom is 0.164 e. The van der Waals surface area contributed by atoms with Gasteiger partial charge in [0.2, 0.25) is 0 Å². The summed E-state index contributed by atoms with van der Waals surface area (Å²) in [6, 6.07) is 4.32. The predicted octanol–water partition coefficient (Wildman–Crippen LogP) is 4.60. The van der Waals surface area contributed by atoms with Crippen LogP contribution in [0.15, 0.2) is 22.7 Å². The van der Waals surface area contributed by atoms with E-state index in [1.54, 1.807) is 6.07 Å². The lowest BCUT2D eigenvalue weighted by Crippen LogP contribution is -2.15. The van der Waals surface area contributed by atoms with Crippen LogP contribution >= 0.6 is 15.9 Å². The van der Waals surface area contributed by atoms with E-state index in [0.29, 0.717) is 22.4 Å². The van der Waals surface area contributed by atoms with E-state index in [1.807, 2.05) is 0 Å². The smallest absolute Gasteiger partial charge is 0.164 e. The van der Waals surface area contributed by atoms with Gasteiger partial charge in [0.15, 0.2) is 5.78 Å². The quantitative estimate of drug-likeness (QED) is 0.746. The fraction of sp³-hybridized carbons (Fsp3) is 0.533. The molecule has 2 aliphatic carbocycles. The van der Waals surface area contributed by atoms with Gasteiger partial charge in [-0.1, -0.05) is 6.42 Å². The number of ketones is 1. The van der Waals surface area contributed by atoms with E-state index in [4.69, 9.17) is 0 Å². The standard InChI is InChI=1S/C15H16BrFO/c16-14-8-12(17)3-4-13(14)15(18)7-11-6-9-1-2-10(11)5-9/h3-4,8-11H,1-2,5-7H2. The van der Waals surface area contributed by atoms with Crippen LogP contribution in [-0.2, 0) is 0 Å². The molecule has 18 heavy (non-hydrogen) atoms. The molecule has 3 unspecified atom stereocenters. The van der Waals surface area contributed by atoms with E-state index in [0.717, 1.165) is 11.8 Å². The normalized spacial score (nSPS) is 29.8. The third-order valence-corrected chi connectivity index (χ3v) is 5.22. The molecule has 2 bridgehead atoms. The summed E-state index contributed by atoms with van der Waals surface area (Å²) in [6.07, 6.45) is 5.83. The van der Waals surface area contributed by atoms with Gasteiger partial charge < -0.3 is 0 Å². The second-order valence-corrected chi connectivity index (χ2v) is 6.54. The highest BCUT2D eigenvalue weighted by atomic mass is 79.9. The van der Waals surface area contributed by atoms with Crippen LogP contribution in [0.4, 0.5) is 4.39 Å². The Kier molecular flexibility index (Phi) is 3.27. The Hall–Kier alpha value is -0.700. The zero-order valence-electron chi connectivity index (χ0n) is 10.2. The minimum atomic E-state index is -0.307. The molecule has 0 N–H and O–H groups in total. The van der Waals surface area contributed by atoms with E-state index in [-0.39, 0.29) is 11.6 Å². The Morgan fingerprint density at radius 2 is 2.17 bits per heavy atom. The van der Waals surface area contributed by atoms with Crippen molar-refractivity contribution in [2.24, 2.45) is 17.8 Å². The average Bonchev–Trinajstić information content (AvgIpc) is 2.90. The Morgan fingerprint density at radius 3 is 2.78 bits per heavy atom. The topological polar surface area (TPSA) is 17.1 Å². The van der Waals surface area contributed by atoms with Gasteiger partial charge in [-0.3, -0.25) is 4.79 Å². The summed E-state index contributed by atoms with van der Waals surface area (Å²) in [5.41, 5.74) is 0.624. The number of fused-ring (bicyclic) bond motifs is 2. The van der Waals surface area contributed by atoms with Crippen LogP contribution in [0.3, 0.4) is 0 Å². The molecule has 3 heteroatoms. The zero-order chi connectivity index (χ0) is 12.7. The van der Waals surface area contributed by atoms with Crippen molar-refractivity contribution in [1.29, 1.82) is 0 Å². The van der Waals surface area contributed by atoms with Gasteiger partial charge in [0.1, 0.15) is 5.82 Å². The van der Waals surface area contributed by atoms with Gasteiger partial charge in [0.25, 0.3) is 0 Å². The molecule has 2 saturated carbocycles. The lowest BCUT2D eigenvalue weighted by Gasteiger charge is -2.20. The Labute approximate surface area is 115 Å². The SMILES string of the molecule is O=C(CC1CC2CCC1C2)c1ccc(F)cc1Br. The first-order valence-corrected chi connectivity index (χ1v) is 7.41. The van der Waals surface area contributed by atoms with E-state index in [2.05, 4.69) is 15.9 Å². The summed E-state index contributed by atoms with van der Waals surface area (Å²) in [5, 5.41) is 0. The third-order valence-electron chi connectivity index (χ3n) is 4.56. The number of halogens is 2. The van der Waals surface area contributed by atoms with Gasteiger partial charge in [-0.2, -0.15) is 0 Å². The maximum absolute atomic E-state index is 13.0. The van der Waals surface area contributed by atoms with Crippen molar-refractivity contribution in [2.45, 2.75) is 32.1 Å². The van der Waals surface area contributed by atoms with Crippen molar-refractivity contribution in [3.63, 3.8) is 0 Å². The molecule has 3 rings (SSSR count). The van der Waals surface area contributed by atoms with Gasteiger partial charge in [-0.25, -0.2) is 4.39 Å². The summed E-state index contributed by atoms with van der Waals surface area (Å²) >= 11 is 3.28. The van der Waals surface area contributed by atoms with Crippen LogP contribution in [0.1, 0.15) is 42.5 Å². The van der Waals surface area contributed by atoms with Crippen molar-refractivity contribution in [3.05, 3.63) is 34.1 Å². The Morgan fingerprint density at radius 1 is 1.33 bits per heavy atom. The highest BCUT2D eigenvalue weighted by Gasteiger charge is 2.40. The van der Waals surface area contributed by atoms with Crippen molar-refractivity contribution in [1.82, 2.24) is 0 Å². The van der Waals surface area contributed by atoms with Crippen LogP contribution in [0.5, 0.6) is 0 Å². The van der Waals surface area contributed by atoms with Gasteiger partial charge >= 0.3 is 0 Å². The molecule has 0 spiro atoms. The molecule has 0 radical (unpaired) electrons. The number of hydrogen-bond acceptors (Lipinski definition) is 1. The van der Waals surface area contributed by atoms with Crippen LogP contribution in [0.2, 0.25) is 0 Å². The highest BCUT2D eigenvalue weighted by Crippen LogP contribution is 2.49. The zero-order valence-corrected chi connectivity index (χ0v) is 11.7. The van der Waals surface area contributed by atoms with Crippen molar-refractivity contribution in [3.8, 4) is 0 Å². The largest absolute Gasteiger partial charge is 0.294 e. The summed E-state index contributed by atoms with van der Waals surface area (Å²) in [5.74, 6) is 2.04. The highest BCUT2D eigenvalue weighted by molar-refractivity contribution is 9.10. The number of benzene rings is 1. The first kappa shape index (κ1) is 12.3. The molecule has 2 fully saturated rings. The minimum Gasteiger partial charge on any atom is -0.294 e. The number of rotatable bonds is 3. The summed E-state index contributed by atoms with van der Waals surface area (Å²) in [4.78, 5) is 12.3. The lowest BCUT2D eigenvalue weighted by atomic mass is 9.84. The molecular weight excluding hydrogens is 295 g/mol. The molecule has 1 nitrogen and oxygen atoms in total. The van der Waals surface area contributed by atoms with E-state index in [1.165, 1.54) is 37.8 Å². The van der Waals surface area contributed by atoms with Crippen LogP contribution < -0.4 is 0 Å². The molecular formula is C15H16BrFO. The van der Waals surface area contributed by atoms with Crippen LogP contribution in [0, 0.1) is 23.6 Å². The van der Waals surface area contributed by atoms with Crippen molar-refractivity contribution >= 4 is 21.7 Å². The number of carbonyl (C=O) groups is 1. The van der Waals surface area contributed by atoms with Gasteiger partial charge in [0, 0.05) is 16.5 Å². The van der Waals surface area contributed by atoms with E-state index >= 15 is 0 Å². The first-order valence-electron chi connectivity index (χ1n) is 6.61. The Balaban J connectivity index is 1.71. The maximum atomic E-state index is 13.0. The minimum absolute atomic E-state index is 0.152. The van der Waals surface area contributed by atoms with Crippen LogP contribution in [-0.4, -0.2) is 5.78 Å². The summed E-state index contributed by atoms with van der Waals surface area (Å²) in [7, 11) is 0. The summed E-state index contributed by atoms with van der Waals surface area (Å²) < 4.78 is 13.6. The molecule has 1 aromatic rings. The van der Waals surface area contributed by atoms with Crippen LogP contribution in [0.25, 0.3) is 0 Å². The first-order chi connectivity index (χ1) is 8.63. The number of Topliss-reactive ketones (excluding diaryl/α,β-unsaturated/α-hetero) is 1. The monoisotopic (exact) mass is 310 g/mol. The molecule has 1 aromatic carbocycles. The van der Waals surface area contributed by atoms with Gasteiger partial charge in [-0.05, 0) is 71.1 Å². The van der Waals surface area contributed by atoms with Gasteiger partial charge in [0.05, 0.1) is 0 Å². The molecule has 0 saturated heterocycles. The molecule has 3 atom stereocenters. The second-order valence-electron chi connectivity index (χ2n) is 5.69. The molecule has 0 aliphatic heterocycles. The average molecular weight is 311 g/mol. The second kappa shape index (κ2) is 4.76. The van der Waals surface area contributed by atoms with E-state index < -0.39 is 0 Å². The lowest BCUT2D eigenvalue weighted by molar-refractivity contribution is 0.0943. The molecule has 0 heterocycles.